The second-order valence-corrected chi connectivity index (χ2v) is 9.38. The highest BCUT2D eigenvalue weighted by atomic mass is 16.5. The lowest BCUT2D eigenvalue weighted by Crippen LogP contribution is -2.16. The lowest BCUT2D eigenvalue weighted by molar-refractivity contribution is -0.142. The zero-order chi connectivity index (χ0) is 24.0. The molecule has 2 atom stereocenters. The van der Waals surface area contributed by atoms with Crippen LogP contribution in [0.15, 0.2) is 36.4 Å². The molecule has 0 heterocycles. The van der Waals surface area contributed by atoms with Crippen molar-refractivity contribution in [1.82, 2.24) is 0 Å². The van der Waals surface area contributed by atoms with Crippen molar-refractivity contribution in [2.75, 3.05) is 6.61 Å². The first-order valence-corrected chi connectivity index (χ1v) is 11.8. The molecule has 33 heavy (non-hydrogen) atoms. The summed E-state index contributed by atoms with van der Waals surface area (Å²) in [7, 11) is 0. The van der Waals surface area contributed by atoms with E-state index < -0.39 is 23.8 Å². The van der Waals surface area contributed by atoms with Gasteiger partial charge in [-0.3, -0.25) is 9.59 Å². The van der Waals surface area contributed by atoms with E-state index in [0.717, 1.165) is 24.0 Å². The van der Waals surface area contributed by atoms with Crippen LogP contribution in [0.25, 0.3) is 11.1 Å². The highest BCUT2D eigenvalue weighted by Crippen LogP contribution is 2.38. The van der Waals surface area contributed by atoms with E-state index in [1.165, 1.54) is 19.3 Å². The first-order valence-electron chi connectivity index (χ1n) is 11.8. The normalized spacial score (nSPS) is 16.2. The van der Waals surface area contributed by atoms with Crippen LogP contribution in [-0.2, 0) is 22.4 Å². The minimum atomic E-state index is -0.870. The van der Waals surface area contributed by atoms with Gasteiger partial charge >= 0.3 is 11.9 Å². The fourth-order valence-corrected chi connectivity index (χ4v) is 4.41. The van der Waals surface area contributed by atoms with Crippen LogP contribution in [0.5, 0.6) is 11.5 Å². The number of benzene rings is 2. The highest BCUT2D eigenvalue weighted by Gasteiger charge is 2.20. The van der Waals surface area contributed by atoms with Gasteiger partial charge in [0.05, 0.1) is 18.4 Å². The largest absolute Gasteiger partial charge is 0.507 e. The van der Waals surface area contributed by atoms with Crippen molar-refractivity contribution in [3.63, 3.8) is 0 Å². The first-order chi connectivity index (χ1) is 15.7. The molecular weight excluding hydrogens is 420 g/mol. The number of hydrogen-bond acceptors (Lipinski definition) is 4. The molecule has 0 aliphatic heterocycles. The van der Waals surface area contributed by atoms with Gasteiger partial charge in [0.2, 0.25) is 0 Å². The van der Waals surface area contributed by atoms with E-state index in [9.17, 15) is 24.9 Å². The minimum Gasteiger partial charge on any atom is -0.507 e. The Kier molecular flexibility index (Phi) is 8.37. The molecule has 0 amide bonds. The van der Waals surface area contributed by atoms with Crippen LogP contribution in [0.2, 0.25) is 0 Å². The zero-order valence-corrected chi connectivity index (χ0v) is 19.4. The van der Waals surface area contributed by atoms with Crippen LogP contribution in [0.4, 0.5) is 0 Å². The van der Waals surface area contributed by atoms with Crippen LogP contribution in [0.3, 0.4) is 0 Å². The Hall–Kier alpha value is -3.02. The number of ether oxygens (including phenoxy) is 1. The molecule has 3 rings (SSSR count). The maximum atomic E-state index is 11.3. The summed E-state index contributed by atoms with van der Waals surface area (Å²) in [5.41, 5.74) is 2.91. The SMILES string of the molecule is CC(Cc1ccc(O)c(-c2cc(CC(C)C(=O)O)ccc2OCC2CCCCC2)c1)C(=O)O. The lowest BCUT2D eigenvalue weighted by atomic mass is 9.90. The fraction of sp³-hybridized carbons (Fsp3) is 0.481. The van der Waals surface area contributed by atoms with Crippen molar-refractivity contribution in [2.24, 2.45) is 17.8 Å². The molecule has 3 N–H and O–H groups in total. The summed E-state index contributed by atoms with van der Waals surface area (Å²) in [6.07, 6.45) is 6.72. The summed E-state index contributed by atoms with van der Waals surface area (Å²) in [6, 6.07) is 10.7. The highest BCUT2D eigenvalue weighted by molar-refractivity contribution is 5.77. The Bertz CT molecular complexity index is 977. The summed E-state index contributed by atoms with van der Waals surface area (Å²) in [4.78, 5) is 22.6. The van der Waals surface area contributed by atoms with Gasteiger partial charge in [-0.2, -0.15) is 0 Å². The molecule has 1 fully saturated rings. The number of hydrogen-bond donors (Lipinski definition) is 3. The quantitative estimate of drug-likeness (QED) is 0.435. The number of carboxylic acid groups (broad SMARTS) is 2. The number of rotatable bonds is 10. The van der Waals surface area contributed by atoms with Crippen LogP contribution < -0.4 is 4.74 Å². The van der Waals surface area contributed by atoms with E-state index in [2.05, 4.69) is 0 Å². The lowest BCUT2D eigenvalue weighted by Gasteiger charge is -2.23. The number of phenols is 1. The van der Waals surface area contributed by atoms with Crippen molar-refractivity contribution in [1.29, 1.82) is 0 Å². The molecule has 0 saturated heterocycles. The minimum absolute atomic E-state index is 0.0766. The van der Waals surface area contributed by atoms with Gasteiger partial charge in [-0.1, -0.05) is 45.2 Å². The predicted octanol–water partition coefficient (Wildman–Crippen LogP) is 5.54. The molecule has 1 aliphatic rings. The smallest absolute Gasteiger partial charge is 0.306 e. The van der Waals surface area contributed by atoms with Gasteiger partial charge in [0, 0.05) is 11.1 Å². The van der Waals surface area contributed by atoms with Crippen LogP contribution in [-0.4, -0.2) is 33.9 Å². The van der Waals surface area contributed by atoms with Crippen LogP contribution in [0.1, 0.15) is 57.1 Å². The maximum Gasteiger partial charge on any atom is 0.306 e. The third-order valence-electron chi connectivity index (χ3n) is 6.52. The van der Waals surface area contributed by atoms with Gasteiger partial charge < -0.3 is 20.1 Å². The molecule has 0 spiro atoms. The Morgan fingerprint density at radius 3 is 2.00 bits per heavy atom. The summed E-state index contributed by atoms with van der Waals surface area (Å²) >= 11 is 0. The number of carboxylic acids is 2. The fourth-order valence-electron chi connectivity index (χ4n) is 4.41. The third-order valence-corrected chi connectivity index (χ3v) is 6.52. The van der Waals surface area contributed by atoms with Crippen molar-refractivity contribution in [2.45, 2.75) is 58.8 Å². The standard InChI is InChI=1S/C27H34O6/c1-17(26(29)30)12-20-8-10-24(28)22(14-20)23-15-21(13-18(2)27(31)32)9-11-25(23)33-16-19-6-4-3-5-7-19/h8-11,14-15,17-19,28H,3-7,12-13,16H2,1-2H3,(H,29,30)(H,31,32). The topological polar surface area (TPSA) is 104 Å². The molecular formula is C27H34O6. The summed E-state index contributed by atoms with van der Waals surface area (Å²) in [5, 5.41) is 29.2. The number of carbonyl (C=O) groups is 2. The van der Waals surface area contributed by atoms with E-state index >= 15 is 0 Å². The van der Waals surface area contributed by atoms with Gasteiger partial charge in [0.15, 0.2) is 0 Å². The Balaban J connectivity index is 1.94. The van der Waals surface area contributed by atoms with Gasteiger partial charge in [0.1, 0.15) is 11.5 Å². The molecule has 178 valence electrons. The van der Waals surface area contributed by atoms with Crippen LogP contribution >= 0.6 is 0 Å². The van der Waals surface area contributed by atoms with E-state index in [-0.39, 0.29) is 5.75 Å². The van der Waals surface area contributed by atoms with Gasteiger partial charge in [0.25, 0.3) is 0 Å². The van der Waals surface area contributed by atoms with Gasteiger partial charge in [-0.15, -0.1) is 0 Å². The van der Waals surface area contributed by atoms with Gasteiger partial charge in [-0.05, 0) is 67.0 Å². The average molecular weight is 455 g/mol. The van der Waals surface area contributed by atoms with E-state index in [1.54, 1.807) is 26.0 Å². The molecule has 0 radical (unpaired) electrons. The van der Waals surface area contributed by atoms with Crippen LogP contribution in [0, 0.1) is 17.8 Å². The Morgan fingerprint density at radius 2 is 1.42 bits per heavy atom. The molecule has 2 unspecified atom stereocenters. The average Bonchev–Trinajstić information content (AvgIpc) is 2.80. The van der Waals surface area contributed by atoms with Crippen molar-refractivity contribution in [3.8, 4) is 22.6 Å². The van der Waals surface area contributed by atoms with E-state index in [4.69, 9.17) is 4.74 Å². The first kappa shape index (κ1) is 24.6. The summed E-state index contributed by atoms with van der Waals surface area (Å²) in [6.45, 7) is 3.93. The zero-order valence-electron chi connectivity index (χ0n) is 19.4. The van der Waals surface area contributed by atoms with E-state index in [1.807, 2.05) is 24.3 Å². The second-order valence-electron chi connectivity index (χ2n) is 9.38. The van der Waals surface area contributed by atoms with E-state index in [0.29, 0.717) is 42.2 Å². The maximum absolute atomic E-state index is 11.3. The molecule has 0 bridgehead atoms. The summed E-state index contributed by atoms with van der Waals surface area (Å²) in [5.74, 6) is -1.59. The number of aliphatic carboxylic acids is 2. The molecule has 6 nitrogen and oxygen atoms in total. The molecule has 1 aliphatic carbocycles. The number of aromatic hydroxyl groups is 1. The Labute approximate surface area is 195 Å². The molecule has 0 aromatic heterocycles. The molecule has 2 aromatic carbocycles. The van der Waals surface area contributed by atoms with Crippen molar-refractivity contribution < 1.29 is 29.6 Å². The Morgan fingerprint density at radius 1 is 0.879 bits per heavy atom. The van der Waals surface area contributed by atoms with Gasteiger partial charge in [-0.25, -0.2) is 0 Å². The third kappa shape index (κ3) is 6.73. The predicted molar refractivity (Wildman–Crippen MR) is 127 cm³/mol. The van der Waals surface area contributed by atoms with Crippen molar-refractivity contribution >= 4 is 11.9 Å². The molecule has 1 saturated carbocycles. The second kappa shape index (κ2) is 11.2. The van der Waals surface area contributed by atoms with Crippen molar-refractivity contribution in [3.05, 3.63) is 47.5 Å². The number of phenolic OH excluding ortho intramolecular Hbond substituents is 1. The molecule has 6 heteroatoms. The summed E-state index contributed by atoms with van der Waals surface area (Å²) < 4.78 is 6.23. The monoisotopic (exact) mass is 454 g/mol. The molecule has 2 aromatic rings.